The van der Waals surface area contributed by atoms with Gasteiger partial charge in [0.15, 0.2) is 5.65 Å². The Labute approximate surface area is 260 Å². The van der Waals surface area contributed by atoms with Gasteiger partial charge in [-0.25, -0.2) is 32.4 Å². The maximum absolute atomic E-state index is 14.4. The van der Waals surface area contributed by atoms with Crippen molar-refractivity contribution in [3.63, 3.8) is 0 Å². The zero-order valence-electron chi connectivity index (χ0n) is 24.4. The van der Waals surface area contributed by atoms with Gasteiger partial charge in [-0.1, -0.05) is 12.1 Å². The first-order valence-electron chi connectivity index (χ1n) is 14.0. The highest BCUT2D eigenvalue weighted by atomic mass is 32.2. The maximum Gasteiger partial charge on any atom is 0.264 e. The molecule has 0 bridgehead atoms. The minimum atomic E-state index is -3.62. The normalized spacial score (nSPS) is 14.2. The smallest absolute Gasteiger partial charge is 0.264 e. The van der Waals surface area contributed by atoms with Crippen molar-refractivity contribution in [2.24, 2.45) is 0 Å². The Hall–Kier alpha value is -4.89. The van der Waals surface area contributed by atoms with Gasteiger partial charge < -0.3 is 10.5 Å². The number of halogens is 1. The van der Waals surface area contributed by atoms with Crippen LogP contribution < -0.4 is 20.8 Å². The number of rotatable bonds is 8. The van der Waals surface area contributed by atoms with Crippen molar-refractivity contribution in [1.29, 1.82) is 0 Å². The molecule has 1 aliphatic carbocycles. The monoisotopic (exact) mass is 646 g/mol. The van der Waals surface area contributed by atoms with Crippen LogP contribution in [0.4, 0.5) is 15.9 Å². The number of hydrogen-bond acceptors (Lipinski definition) is 10. The molecular weight excluding hydrogens is 620 g/mol. The summed E-state index contributed by atoms with van der Waals surface area (Å²) < 4.78 is 51.2. The number of ether oxygens (including phenoxy) is 1. The molecule has 0 spiro atoms. The average molecular weight is 647 g/mol. The van der Waals surface area contributed by atoms with Gasteiger partial charge in [-0.05, 0) is 62.1 Å². The highest BCUT2D eigenvalue weighted by Gasteiger charge is 2.36. The third-order valence-corrected chi connectivity index (χ3v) is 10.7. The number of nitrogens with zero attached hydrogens (tertiary/aromatic N) is 6. The van der Waals surface area contributed by atoms with Crippen LogP contribution in [0, 0.1) is 12.7 Å². The summed E-state index contributed by atoms with van der Waals surface area (Å²) in [7, 11) is -2.22. The largest absolute Gasteiger partial charge is 0.480 e. The van der Waals surface area contributed by atoms with Gasteiger partial charge >= 0.3 is 0 Å². The van der Waals surface area contributed by atoms with E-state index >= 15 is 0 Å². The summed E-state index contributed by atoms with van der Waals surface area (Å²) in [5, 5.41) is 6.75. The van der Waals surface area contributed by atoms with Gasteiger partial charge in [0.2, 0.25) is 15.9 Å². The summed E-state index contributed by atoms with van der Waals surface area (Å²) in [5.74, 6) is -0.215. The van der Waals surface area contributed by atoms with Gasteiger partial charge in [-0.15, -0.1) is 11.3 Å². The van der Waals surface area contributed by atoms with E-state index in [9.17, 15) is 17.6 Å². The number of aromatic nitrogens is 6. The zero-order chi connectivity index (χ0) is 31.6. The van der Waals surface area contributed by atoms with Crippen molar-refractivity contribution < 1.29 is 17.5 Å². The standard InChI is InChI=1S/C30H27FN8O4S2/c1-15-13-44-23-11-21(24(30(40)38(15)23)17-5-4-6-19(31)9-17)16(2)39-28-25(27(32)34-14-35-28)26(36-39)18-10-22(29(43-3)33-12-18)37-45(41,42)20-7-8-20/h4-6,9-14,16,20,37H,7-8H2,1-3H3,(H2,32,34,35). The van der Waals surface area contributed by atoms with Crippen LogP contribution in [-0.4, -0.2) is 49.9 Å². The molecule has 0 radical (unpaired) electrons. The van der Waals surface area contributed by atoms with Gasteiger partial charge in [-0.2, -0.15) is 5.10 Å². The van der Waals surface area contributed by atoms with Gasteiger partial charge in [-0.3, -0.25) is 13.9 Å². The third-order valence-electron chi connectivity index (χ3n) is 7.89. The molecule has 5 heterocycles. The van der Waals surface area contributed by atoms with Crippen LogP contribution in [0.5, 0.6) is 5.88 Å². The number of aryl methyl sites for hydroxylation is 1. The number of nitrogens with two attached hydrogens (primary N) is 1. The minimum Gasteiger partial charge on any atom is -0.480 e. The number of sulfonamides is 1. The number of thiazole rings is 1. The van der Waals surface area contributed by atoms with E-state index in [1.54, 1.807) is 27.3 Å². The number of benzene rings is 1. The van der Waals surface area contributed by atoms with Gasteiger partial charge in [0.1, 0.15) is 34.2 Å². The van der Waals surface area contributed by atoms with Crippen molar-refractivity contribution in [3.8, 4) is 28.3 Å². The lowest BCUT2D eigenvalue weighted by molar-refractivity contribution is 0.400. The maximum atomic E-state index is 14.4. The van der Waals surface area contributed by atoms with Crippen LogP contribution >= 0.6 is 11.3 Å². The lowest BCUT2D eigenvalue weighted by atomic mass is 9.97. The molecule has 15 heteroatoms. The number of anilines is 2. The first kappa shape index (κ1) is 28.9. The molecule has 1 unspecified atom stereocenters. The van der Waals surface area contributed by atoms with Crippen molar-refractivity contribution >= 4 is 48.7 Å². The number of hydrogen-bond donors (Lipinski definition) is 2. The molecule has 1 aromatic carbocycles. The molecule has 6 aromatic rings. The molecule has 0 saturated heterocycles. The Kier molecular flexibility index (Phi) is 6.81. The van der Waals surface area contributed by atoms with Crippen LogP contribution in [0.15, 0.2) is 59.1 Å². The molecule has 0 amide bonds. The molecule has 230 valence electrons. The molecule has 1 aliphatic rings. The Balaban J connectivity index is 1.43. The lowest BCUT2D eigenvalue weighted by Crippen LogP contribution is -2.21. The molecule has 5 aromatic heterocycles. The fourth-order valence-corrected chi connectivity index (χ4v) is 7.82. The first-order chi connectivity index (χ1) is 21.6. The summed E-state index contributed by atoms with van der Waals surface area (Å²) in [6.07, 6.45) is 4.00. The van der Waals surface area contributed by atoms with E-state index in [0.29, 0.717) is 51.8 Å². The molecule has 3 N–H and O–H groups in total. The van der Waals surface area contributed by atoms with Gasteiger partial charge in [0.25, 0.3) is 5.56 Å². The number of nitrogens with one attached hydrogen (secondary N) is 1. The average Bonchev–Trinajstić information content (AvgIpc) is 3.72. The predicted octanol–water partition coefficient (Wildman–Crippen LogP) is 4.78. The quantitative estimate of drug-likeness (QED) is 0.237. The fraction of sp³-hybridized carbons (Fsp3) is 0.233. The Morgan fingerprint density at radius 2 is 1.96 bits per heavy atom. The van der Waals surface area contributed by atoms with Crippen LogP contribution in [0.2, 0.25) is 0 Å². The van der Waals surface area contributed by atoms with Crippen LogP contribution in [0.1, 0.15) is 37.1 Å². The van der Waals surface area contributed by atoms with Crippen LogP contribution in [0.3, 0.4) is 0 Å². The molecule has 1 atom stereocenters. The molecular formula is C30H27FN8O4S2. The van der Waals surface area contributed by atoms with Crippen molar-refractivity contribution in [2.45, 2.75) is 38.0 Å². The van der Waals surface area contributed by atoms with Crippen LogP contribution in [-0.2, 0) is 10.0 Å². The van der Waals surface area contributed by atoms with E-state index in [-0.39, 0.29) is 22.9 Å². The van der Waals surface area contributed by atoms with E-state index in [1.807, 2.05) is 25.3 Å². The summed E-state index contributed by atoms with van der Waals surface area (Å²) in [6, 6.07) is 8.82. The van der Waals surface area contributed by atoms with Crippen molar-refractivity contribution in [1.82, 2.24) is 29.1 Å². The molecule has 12 nitrogen and oxygen atoms in total. The molecule has 1 fully saturated rings. The number of pyridine rings is 2. The van der Waals surface area contributed by atoms with Crippen LogP contribution in [0.25, 0.3) is 38.2 Å². The van der Waals surface area contributed by atoms with Crippen molar-refractivity contribution in [2.75, 3.05) is 17.6 Å². The molecule has 45 heavy (non-hydrogen) atoms. The topological polar surface area (TPSA) is 159 Å². The third kappa shape index (κ3) is 4.88. The minimum absolute atomic E-state index is 0.101. The van der Waals surface area contributed by atoms with Gasteiger partial charge in [0.05, 0.1) is 29.4 Å². The Morgan fingerprint density at radius 3 is 2.69 bits per heavy atom. The lowest BCUT2D eigenvalue weighted by Gasteiger charge is -2.18. The molecule has 1 saturated carbocycles. The highest BCUT2D eigenvalue weighted by Crippen LogP contribution is 2.38. The predicted molar refractivity (Wildman–Crippen MR) is 171 cm³/mol. The second-order valence-electron chi connectivity index (χ2n) is 10.9. The zero-order valence-corrected chi connectivity index (χ0v) is 26.0. The number of methoxy groups -OCH3 is 1. The molecule has 0 aliphatic heterocycles. The van der Waals surface area contributed by atoms with E-state index in [0.717, 1.165) is 10.5 Å². The summed E-state index contributed by atoms with van der Waals surface area (Å²) in [6.45, 7) is 3.71. The van der Waals surface area contributed by atoms with E-state index in [4.69, 9.17) is 15.6 Å². The highest BCUT2D eigenvalue weighted by molar-refractivity contribution is 7.93. The van der Waals surface area contributed by atoms with Gasteiger partial charge in [0, 0.05) is 22.8 Å². The summed E-state index contributed by atoms with van der Waals surface area (Å²) in [5.41, 5.74) is 9.56. The molecule has 7 rings (SSSR count). The second-order valence-corrected chi connectivity index (χ2v) is 13.7. The number of fused-ring (bicyclic) bond motifs is 2. The van der Waals surface area contributed by atoms with E-state index < -0.39 is 27.1 Å². The SMILES string of the molecule is COc1ncc(-c2nn(C(C)c3cc4scc(C)n4c(=O)c3-c3cccc(F)c3)c3ncnc(N)c23)cc1NS(=O)(=O)C1CC1. The van der Waals surface area contributed by atoms with E-state index in [1.165, 1.54) is 43.1 Å². The fourth-order valence-electron chi connectivity index (χ4n) is 5.52. The van der Waals surface area contributed by atoms with E-state index in [2.05, 4.69) is 19.7 Å². The second kappa shape index (κ2) is 10.6. The van der Waals surface area contributed by atoms with Crippen molar-refractivity contribution in [3.05, 3.63) is 81.7 Å². The Bertz CT molecular complexity index is 2310. The summed E-state index contributed by atoms with van der Waals surface area (Å²) in [4.78, 5) is 27.7. The Morgan fingerprint density at radius 1 is 1.16 bits per heavy atom. The summed E-state index contributed by atoms with van der Waals surface area (Å²) >= 11 is 1.42. The number of nitrogen functional groups attached to an aromatic ring is 1. The first-order valence-corrected chi connectivity index (χ1v) is 16.4.